The van der Waals surface area contributed by atoms with E-state index in [1.54, 1.807) is 6.08 Å². The molecule has 2 atom stereocenters. The Labute approximate surface area is 94.9 Å². The number of aldehydes is 1. The summed E-state index contributed by atoms with van der Waals surface area (Å²) < 4.78 is 10.1. The molecular weight excluding hydrogens is 208 g/mol. The number of carbonyl (C=O) groups is 2. The molecule has 4 heteroatoms. The molecular formula is C12H16O4. The molecule has 0 saturated carbocycles. The van der Waals surface area contributed by atoms with Crippen LogP contribution < -0.4 is 0 Å². The molecule has 1 heterocycles. The molecule has 0 aliphatic carbocycles. The van der Waals surface area contributed by atoms with E-state index in [-0.39, 0.29) is 18.2 Å². The van der Waals surface area contributed by atoms with Crippen molar-refractivity contribution in [2.45, 2.75) is 31.5 Å². The highest BCUT2D eigenvalue weighted by Gasteiger charge is 2.16. The van der Waals surface area contributed by atoms with E-state index in [2.05, 4.69) is 4.74 Å². The van der Waals surface area contributed by atoms with Gasteiger partial charge < -0.3 is 14.3 Å². The van der Waals surface area contributed by atoms with E-state index in [4.69, 9.17) is 4.74 Å². The van der Waals surface area contributed by atoms with E-state index >= 15 is 0 Å². The van der Waals surface area contributed by atoms with Crippen molar-refractivity contribution in [1.29, 1.82) is 0 Å². The molecule has 0 aromatic rings. The standard InChI is InChI=1S/C12H16O4/c1-15-12(14)7-3-6-10-4-2-5-11(16-10)8-9-13/h2-4,7,9-11H,5-6,8H2,1H3/b7-3-/t10-,11-/m0/s1. The number of rotatable bonds is 5. The minimum atomic E-state index is -0.371. The highest BCUT2D eigenvalue weighted by atomic mass is 16.5. The van der Waals surface area contributed by atoms with Gasteiger partial charge >= 0.3 is 5.97 Å². The molecule has 4 nitrogen and oxygen atoms in total. The number of hydrogen-bond donors (Lipinski definition) is 0. The predicted octanol–water partition coefficient (Wildman–Crippen LogP) is 1.41. The number of esters is 1. The second-order valence-corrected chi connectivity index (χ2v) is 3.52. The average molecular weight is 224 g/mol. The van der Waals surface area contributed by atoms with Gasteiger partial charge in [0.05, 0.1) is 19.3 Å². The van der Waals surface area contributed by atoms with Crippen molar-refractivity contribution in [3.05, 3.63) is 24.3 Å². The van der Waals surface area contributed by atoms with E-state index in [0.717, 1.165) is 12.7 Å². The number of hydrogen-bond acceptors (Lipinski definition) is 4. The van der Waals surface area contributed by atoms with Crippen molar-refractivity contribution < 1.29 is 19.1 Å². The van der Waals surface area contributed by atoms with Gasteiger partial charge in [-0.2, -0.15) is 0 Å². The van der Waals surface area contributed by atoms with Crippen LogP contribution in [0.1, 0.15) is 19.3 Å². The van der Waals surface area contributed by atoms with Gasteiger partial charge in [-0.1, -0.05) is 18.2 Å². The Hall–Kier alpha value is -1.42. The Bertz CT molecular complexity index is 293. The maximum atomic E-state index is 10.8. The Balaban J connectivity index is 2.35. The van der Waals surface area contributed by atoms with Gasteiger partial charge in [-0.3, -0.25) is 0 Å². The summed E-state index contributed by atoms with van der Waals surface area (Å²) in [7, 11) is 1.34. The molecule has 0 saturated heterocycles. The van der Waals surface area contributed by atoms with E-state index in [1.807, 2.05) is 12.2 Å². The molecule has 0 aromatic heterocycles. The molecule has 88 valence electrons. The molecule has 16 heavy (non-hydrogen) atoms. The van der Waals surface area contributed by atoms with Crippen LogP contribution in [0.15, 0.2) is 24.3 Å². The van der Waals surface area contributed by atoms with Gasteiger partial charge in [0.1, 0.15) is 6.29 Å². The van der Waals surface area contributed by atoms with E-state index in [9.17, 15) is 9.59 Å². The van der Waals surface area contributed by atoms with Gasteiger partial charge in [0, 0.05) is 12.5 Å². The lowest BCUT2D eigenvalue weighted by Crippen LogP contribution is -2.23. The Morgan fingerprint density at radius 2 is 2.38 bits per heavy atom. The third-order valence-corrected chi connectivity index (χ3v) is 2.30. The zero-order valence-corrected chi connectivity index (χ0v) is 9.30. The maximum Gasteiger partial charge on any atom is 0.330 e. The van der Waals surface area contributed by atoms with Gasteiger partial charge in [0.15, 0.2) is 0 Å². The van der Waals surface area contributed by atoms with Gasteiger partial charge in [0.25, 0.3) is 0 Å². The van der Waals surface area contributed by atoms with E-state index in [1.165, 1.54) is 13.2 Å². The third kappa shape index (κ3) is 4.40. The van der Waals surface area contributed by atoms with Crippen LogP contribution in [0, 0.1) is 0 Å². The second-order valence-electron chi connectivity index (χ2n) is 3.52. The SMILES string of the molecule is COC(=O)/C=C\C[C@@H]1C=CC[C@@H](CC=O)O1. The third-order valence-electron chi connectivity index (χ3n) is 2.30. The van der Waals surface area contributed by atoms with Crippen LogP contribution in [0.25, 0.3) is 0 Å². The van der Waals surface area contributed by atoms with Crippen LogP contribution in [0.4, 0.5) is 0 Å². The highest BCUT2D eigenvalue weighted by Crippen LogP contribution is 2.16. The summed E-state index contributed by atoms with van der Waals surface area (Å²) in [5.41, 5.74) is 0. The van der Waals surface area contributed by atoms with E-state index < -0.39 is 0 Å². The predicted molar refractivity (Wildman–Crippen MR) is 58.9 cm³/mol. The summed E-state index contributed by atoms with van der Waals surface area (Å²) >= 11 is 0. The fourth-order valence-corrected chi connectivity index (χ4v) is 1.49. The van der Waals surface area contributed by atoms with Gasteiger partial charge in [-0.15, -0.1) is 0 Å². The summed E-state index contributed by atoms with van der Waals surface area (Å²) in [5, 5.41) is 0. The first kappa shape index (κ1) is 12.6. The molecule has 0 amide bonds. The lowest BCUT2D eigenvalue weighted by atomic mass is 10.1. The zero-order chi connectivity index (χ0) is 11.8. The van der Waals surface area contributed by atoms with Crippen molar-refractivity contribution in [3.63, 3.8) is 0 Å². The van der Waals surface area contributed by atoms with Crippen LogP contribution in [-0.4, -0.2) is 31.6 Å². The van der Waals surface area contributed by atoms with Crippen LogP contribution in [0.5, 0.6) is 0 Å². The van der Waals surface area contributed by atoms with Crippen LogP contribution in [-0.2, 0) is 19.1 Å². The summed E-state index contributed by atoms with van der Waals surface area (Å²) in [6.07, 6.45) is 9.63. The van der Waals surface area contributed by atoms with Crippen LogP contribution in [0.2, 0.25) is 0 Å². The quantitative estimate of drug-likeness (QED) is 0.306. The van der Waals surface area contributed by atoms with Crippen molar-refractivity contribution in [1.82, 2.24) is 0 Å². The van der Waals surface area contributed by atoms with Gasteiger partial charge in [-0.25, -0.2) is 4.79 Å². The first-order valence-corrected chi connectivity index (χ1v) is 5.26. The fraction of sp³-hybridized carbons (Fsp3) is 0.500. The highest BCUT2D eigenvalue weighted by molar-refractivity contribution is 5.81. The van der Waals surface area contributed by atoms with Gasteiger partial charge in [-0.05, 0) is 12.8 Å². The molecule has 1 aliphatic heterocycles. The Morgan fingerprint density at radius 1 is 1.56 bits per heavy atom. The van der Waals surface area contributed by atoms with Crippen molar-refractivity contribution >= 4 is 12.3 Å². The maximum absolute atomic E-state index is 10.8. The number of carbonyl (C=O) groups excluding carboxylic acids is 2. The smallest absolute Gasteiger partial charge is 0.330 e. The monoisotopic (exact) mass is 224 g/mol. The summed E-state index contributed by atoms with van der Waals surface area (Å²) in [4.78, 5) is 21.1. The molecule has 0 N–H and O–H groups in total. The summed E-state index contributed by atoms with van der Waals surface area (Å²) in [5.74, 6) is -0.371. The lowest BCUT2D eigenvalue weighted by Gasteiger charge is -2.23. The topological polar surface area (TPSA) is 52.6 Å². The number of ether oxygens (including phenoxy) is 2. The van der Waals surface area contributed by atoms with Crippen molar-refractivity contribution in [3.8, 4) is 0 Å². The Kier molecular flexibility index (Phi) is 5.50. The number of methoxy groups -OCH3 is 1. The Morgan fingerprint density at radius 3 is 3.06 bits per heavy atom. The van der Waals surface area contributed by atoms with Crippen LogP contribution in [0.3, 0.4) is 0 Å². The molecule has 0 spiro atoms. The molecule has 0 fully saturated rings. The van der Waals surface area contributed by atoms with Crippen molar-refractivity contribution in [2.24, 2.45) is 0 Å². The summed E-state index contributed by atoms with van der Waals surface area (Å²) in [6, 6.07) is 0. The minimum absolute atomic E-state index is 0.0287. The first-order valence-electron chi connectivity index (χ1n) is 5.26. The van der Waals surface area contributed by atoms with Crippen molar-refractivity contribution in [2.75, 3.05) is 7.11 Å². The van der Waals surface area contributed by atoms with E-state index in [0.29, 0.717) is 12.8 Å². The molecule has 0 aromatic carbocycles. The van der Waals surface area contributed by atoms with Crippen LogP contribution >= 0.6 is 0 Å². The average Bonchev–Trinajstić information content (AvgIpc) is 2.30. The molecule has 0 unspecified atom stereocenters. The van der Waals surface area contributed by atoms with Gasteiger partial charge in [0.2, 0.25) is 0 Å². The molecule has 1 aliphatic rings. The fourth-order valence-electron chi connectivity index (χ4n) is 1.49. The zero-order valence-electron chi connectivity index (χ0n) is 9.30. The largest absolute Gasteiger partial charge is 0.466 e. The molecule has 0 radical (unpaired) electrons. The minimum Gasteiger partial charge on any atom is -0.466 e. The lowest BCUT2D eigenvalue weighted by molar-refractivity contribution is -0.134. The normalized spacial score (nSPS) is 24.6. The second kappa shape index (κ2) is 6.95. The molecule has 1 rings (SSSR count). The first-order chi connectivity index (χ1) is 7.76. The molecule has 0 bridgehead atoms. The summed E-state index contributed by atoms with van der Waals surface area (Å²) in [6.45, 7) is 0.